The van der Waals surface area contributed by atoms with Crippen molar-refractivity contribution in [3.8, 4) is 0 Å². The zero-order chi connectivity index (χ0) is 18.5. The number of para-hydroxylation sites is 1. The third-order valence-electron chi connectivity index (χ3n) is 4.23. The van der Waals surface area contributed by atoms with E-state index in [1.165, 1.54) is 0 Å². The Hall–Kier alpha value is -2.77. The van der Waals surface area contributed by atoms with Gasteiger partial charge in [-0.15, -0.1) is 0 Å². The predicted octanol–water partition coefficient (Wildman–Crippen LogP) is 0.107. The summed E-state index contributed by atoms with van der Waals surface area (Å²) in [5, 5.41) is 4.85. The molecule has 0 bridgehead atoms. The molecule has 26 heavy (non-hydrogen) atoms. The number of hydrogen-bond donors (Lipinski definition) is 3. The van der Waals surface area contributed by atoms with Gasteiger partial charge in [-0.1, -0.05) is 24.8 Å². The number of nitrogens with one attached hydrogen (secondary N) is 3. The third-order valence-corrected chi connectivity index (χ3v) is 4.23. The first-order valence-corrected chi connectivity index (χ1v) is 8.47. The molecule has 0 saturated carbocycles. The zero-order valence-corrected chi connectivity index (χ0v) is 15.1. The molecule has 2 aromatic heterocycles. The maximum atomic E-state index is 12.9. The number of H-pyrrole nitrogens is 2. The van der Waals surface area contributed by atoms with Gasteiger partial charge >= 0.3 is 0 Å². The molecule has 0 saturated heterocycles. The van der Waals surface area contributed by atoms with Gasteiger partial charge in [-0.25, -0.2) is 0 Å². The molecule has 3 rings (SSSR count). The summed E-state index contributed by atoms with van der Waals surface area (Å²) in [6.45, 7) is 5.94. The summed E-state index contributed by atoms with van der Waals surface area (Å²) in [6, 6.07) is 10.0. The van der Waals surface area contributed by atoms with E-state index in [1.54, 1.807) is 18.8 Å². The Morgan fingerprint density at radius 1 is 1.19 bits per heavy atom. The van der Waals surface area contributed by atoms with Crippen molar-refractivity contribution in [3.05, 3.63) is 57.2 Å². The number of fused-ring (bicyclic) bond motifs is 1. The van der Waals surface area contributed by atoms with Crippen LogP contribution in [0.2, 0.25) is 0 Å². The van der Waals surface area contributed by atoms with Crippen LogP contribution in [0.1, 0.15) is 5.69 Å². The van der Waals surface area contributed by atoms with Crippen molar-refractivity contribution in [2.75, 3.05) is 34.0 Å². The second-order valence-corrected chi connectivity index (χ2v) is 5.96. The number of methoxy groups -OCH3 is 2. The normalized spacial score (nSPS) is 12.5. The molecule has 3 N–H and O–H groups in total. The van der Waals surface area contributed by atoms with Crippen LogP contribution in [0, 0.1) is 0 Å². The van der Waals surface area contributed by atoms with Gasteiger partial charge in [0.2, 0.25) is 0 Å². The highest BCUT2D eigenvalue weighted by Gasteiger charge is 2.12. The molecule has 0 aliphatic heterocycles. The minimum absolute atomic E-state index is 0.134. The number of benzene rings is 1. The molecule has 138 valence electrons. The largest absolute Gasteiger partial charge is 0.383 e. The molecule has 0 atom stereocenters. The van der Waals surface area contributed by atoms with E-state index in [1.807, 2.05) is 30.3 Å². The van der Waals surface area contributed by atoms with Crippen LogP contribution in [0.5, 0.6) is 0 Å². The highest BCUT2D eigenvalue weighted by molar-refractivity contribution is 5.84. The number of imidazole rings is 1. The van der Waals surface area contributed by atoms with Gasteiger partial charge in [0.1, 0.15) is 10.8 Å². The highest BCUT2D eigenvalue weighted by atomic mass is 16.5. The van der Waals surface area contributed by atoms with Crippen LogP contribution in [0.4, 0.5) is 0 Å². The Bertz CT molecular complexity index is 1010. The predicted molar refractivity (Wildman–Crippen MR) is 102 cm³/mol. The summed E-state index contributed by atoms with van der Waals surface area (Å²) >= 11 is 0. The lowest BCUT2D eigenvalue weighted by Gasteiger charge is -2.08. The first-order chi connectivity index (χ1) is 12.7. The first kappa shape index (κ1) is 18.0. The van der Waals surface area contributed by atoms with E-state index < -0.39 is 0 Å². The molecule has 3 aromatic rings. The molecule has 7 nitrogen and oxygen atoms in total. The summed E-state index contributed by atoms with van der Waals surface area (Å²) in [5.74, 6) is 0. The van der Waals surface area contributed by atoms with Gasteiger partial charge in [0.05, 0.1) is 31.1 Å². The molecule has 2 heterocycles. The maximum Gasteiger partial charge on any atom is 0.278 e. The molecule has 0 unspecified atom stereocenters. The van der Waals surface area contributed by atoms with Crippen LogP contribution >= 0.6 is 0 Å². The van der Waals surface area contributed by atoms with Gasteiger partial charge in [0, 0.05) is 31.7 Å². The van der Waals surface area contributed by atoms with Gasteiger partial charge in [-0.2, -0.15) is 0 Å². The lowest BCUT2D eigenvalue weighted by atomic mass is 10.2. The van der Waals surface area contributed by atoms with E-state index in [9.17, 15) is 4.79 Å². The van der Waals surface area contributed by atoms with Crippen LogP contribution in [-0.4, -0.2) is 48.5 Å². The van der Waals surface area contributed by atoms with Gasteiger partial charge in [0.25, 0.3) is 5.56 Å². The molecular formula is C19H24N4O3. The van der Waals surface area contributed by atoms with Crippen LogP contribution < -0.4 is 21.7 Å². The average molecular weight is 356 g/mol. The fraction of sp³-hybridized carbons (Fsp3) is 0.316. The van der Waals surface area contributed by atoms with Crippen molar-refractivity contribution >= 4 is 23.2 Å². The molecule has 0 aliphatic rings. The van der Waals surface area contributed by atoms with Crippen LogP contribution in [0.15, 0.2) is 35.1 Å². The molecule has 0 amide bonds. The van der Waals surface area contributed by atoms with Gasteiger partial charge in [-0.3, -0.25) is 9.36 Å². The molecule has 1 aromatic carbocycles. The van der Waals surface area contributed by atoms with E-state index in [0.29, 0.717) is 42.8 Å². The van der Waals surface area contributed by atoms with Crippen LogP contribution in [-0.2, 0) is 16.0 Å². The molecule has 0 aliphatic carbocycles. The van der Waals surface area contributed by atoms with E-state index in [4.69, 9.17) is 9.47 Å². The van der Waals surface area contributed by atoms with Crippen molar-refractivity contribution < 1.29 is 9.47 Å². The molecule has 0 radical (unpaired) electrons. The number of nitrogens with zero attached hydrogens (tertiary/aromatic N) is 1. The minimum atomic E-state index is -0.134. The molecule has 0 spiro atoms. The Morgan fingerprint density at radius 2 is 1.96 bits per heavy atom. The fourth-order valence-corrected chi connectivity index (χ4v) is 2.92. The Labute approximate surface area is 150 Å². The smallest absolute Gasteiger partial charge is 0.278 e. The molecular weight excluding hydrogens is 332 g/mol. The van der Waals surface area contributed by atoms with Crippen LogP contribution in [0.25, 0.3) is 23.2 Å². The van der Waals surface area contributed by atoms with E-state index in [2.05, 4.69) is 21.9 Å². The number of ether oxygens (including phenoxy) is 2. The summed E-state index contributed by atoms with van der Waals surface area (Å²) in [5.41, 5.74) is 2.95. The Balaban J connectivity index is 2.16. The number of hydrogen-bond acceptors (Lipinski definition) is 4. The second-order valence-electron chi connectivity index (χ2n) is 5.96. The SMILES string of the molecule is C=c1[nH]/c(=C(/NCCOC)c2cc3ccccc3[nH]2)c(=O)n1CCOC. The Kier molecular flexibility index (Phi) is 5.60. The molecule has 7 heteroatoms. The maximum absolute atomic E-state index is 12.9. The summed E-state index contributed by atoms with van der Waals surface area (Å²) < 4.78 is 11.8. The van der Waals surface area contributed by atoms with Crippen molar-refractivity contribution in [1.29, 1.82) is 0 Å². The number of aromatic amines is 2. The summed E-state index contributed by atoms with van der Waals surface area (Å²) in [6.07, 6.45) is 0. The summed E-state index contributed by atoms with van der Waals surface area (Å²) in [7, 11) is 3.25. The number of aromatic nitrogens is 3. The fourth-order valence-electron chi connectivity index (χ4n) is 2.92. The van der Waals surface area contributed by atoms with Gasteiger partial charge in [0.15, 0.2) is 0 Å². The quantitative estimate of drug-likeness (QED) is 0.500. The average Bonchev–Trinajstić information content (AvgIpc) is 3.18. The monoisotopic (exact) mass is 356 g/mol. The van der Waals surface area contributed by atoms with Crippen LogP contribution in [0.3, 0.4) is 0 Å². The summed E-state index contributed by atoms with van der Waals surface area (Å²) in [4.78, 5) is 19.4. The topological polar surface area (TPSA) is 84.1 Å². The standard InChI is InChI=1S/C19H24N4O3/c1-13-21-18(19(24)23(13)9-11-26-3)17(20-8-10-25-2)16-12-14-6-4-5-7-15(14)22-16/h4-7,12,20-22H,1,8-11H2,2-3H3/b18-17+. The van der Waals surface area contributed by atoms with Gasteiger partial charge in [-0.05, 0) is 12.1 Å². The third kappa shape index (κ3) is 3.58. The minimum Gasteiger partial charge on any atom is -0.383 e. The van der Waals surface area contributed by atoms with Gasteiger partial charge < -0.3 is 24.8 Å². The molecule has 0 fully saturated rings. The highest BCUT2D eigenvalue weighted by Crippen LogP contribution is 2.17. The lowest BCUT2D eigenvalue weighted by Crippen LogP contribution is -2.37. The van der Waals surface area contributed by atoms with Crippen molar-refractivity contribution in [3.63, 3.8) is 0 Å². The van der Waals surface area contributed by atoms with E-state index in [-0.39, 0.29) is 5.56 Å². The second kappa shape index (κ2) is 8.07. The van der Waals surface area contributed by atoms with Crippen molar-refractivity contribution in [1.82, 2.24) is 19.9 Å². The van der Waals surface area contributed by atoms with Crippen molar-refractivity contribution in [2.45, 2.75) is 6.54 Å². The Morgan fingerprint density at radius 3 is 2.69 bits per heavy atom. The van der Waals surface area contributed by atoms with E-state index >= 15 is 0 Å². The number of rotatable bonds is 8. The van der Waals surface area contributed by atoms with E-state index in [0.717, 1.165) is 16.6 Å². The lowest BCUT2D eigenvalue weighted by molar-refractivity contribution is 0.185. The zero-order valence-electron chi connectivity index (χ0n) is 15.1. The first-order valence-electron chi connectivity index (χ1n) is 8.47. The van der Waals surface area contributed by atoms with Crippen molar-refractivity contribution in [2.24, 2.45) is 0 Å².